The van der Waals surface area contributed by atoms with Crippen LogP contribution in [0.5, 0.6) is 5.75 Å². The highest BCUT2D eigenvalue weighted by Crippen LogP contribution is 2.41. The summed E-state index contributed by atoms with van der Waals surface area (Å²) in [5.74, 6) is 0.494. The molecule has 0 saturated heterocycles. The summed E-state index contributed by atoms with van der Waals surface area (Å²) in [5, 5.41) is 9.43. The molecule has 2 N–H and O–H groups in total. The summed E-state index contributed by atoms with van der Waals surface area (Å²) in [4.78, 5) is 25.1. The van der Waals surface area contributed by atoms with Crippen LogP contribution in [0.15, 0.2) is 57.2 Å². The minimum Gasteiger partial charge on any atom is -0.502 e. The molecule has 8 nitrogen and oxygen atoms in total. The Morgan fingerprint density at radius 3 is 2.88 bits per heavy atom. The van der Waals surface area contributed by atoms with Crippen molar-refractivity contribution in [3.8, 4) is 5.75 Å². The fraction of sp³-hybridized carbons (Fsp3) is 0.143. The predicted octanol–water partition coefficient (Wildman–Crippen LogP) is 6.12. The van der Waals surface area contributed by atoms with E-state index in [1.54, 1.807) is 48.8 Å². The second kappa shape index (κ2) is 10.4. The highest BCUT2D eigenvalue weighted by molar-refractivity contribution is 8.01. The minimum absolute atomic E-state index is 0.338. The summed E-state index contributed by atoms with van der Waals surface area (Å²) in [5.41, 5.74) is 1.17. The topological polar surface area (TPSA) is 89.7 Å². The smallest absolute Gasteiger partial charge is 0.326 e. The standard InChI is InChI=1S/C21H17N5O3S3/c1-22-15-11-13-14(12-16(15)29-9-8-28-2)23-6-5-17(13)31-19-4-3-18(32-19)25-20(27)26-21-24-7-10-30-21/h3-7,10-12H,8-9H2,2H3,(H2,24,25,26,27). The number of urea groups is 1. The lowest BCUT2D eigenvalue weighted by Gasteiger charge is -2.10. The molecule has 0 aliphatic carbocycles. The van der Waals surface area contributed by atoms with Crippen LogP contribution in [0.3, 0.4) is 0 Å². The summed E-state index contributed by atoms with van der Waals surface area (Å²) in [6.45, 7) is 8.31. The first kappa shape index (κ1) is 22.0. The third-order valence-electron chi connectivity index (χ3n) is 4.13. The monoisotopic (exact) mass is 483 g/mol. The Morgan fingerprint density at radius 1 is 1.19 bits per heavy atom. The van der Waals surface area contributed by atoms with Crippen LogP contribution in [0.25, 0.3) is 15.7 Å². The molecule has 0 spiro atoms. The minimum atomic E-state index is -0.338. The number of nitrogens with zero attached hydrogens (tertiary/aromatic N) is 3. The number of benzene rings is 1. The number of anilines is 2. The quantitative estimate of drug-likeness (QED) is 0.232. The second-order valence-electron chi connectivity index (χ2n) is 6.24. The number of hydrogen-bond acceptors (Lipinski definition) is 8. The number of pyridine rings is 1. The lowest BCUT2D eigenvalue weighted by molar-refractivity contribution is 0.147. The Morgan fingerprint density at radius 2 is 2.09 bits per heavy atom. The number of rotatable bonds is 8. The van der Waals surface area contributed by atoms with E-state index >= 15 is 0 Å². The maximum atomic E-state index is 12.1. The molecule has 162 valence electrons. The molecule has 0 unspecified atom stereocenters. The molecule has 3 heterocycles. The molecule has 2 amide bonds. The van der Waals surface area contributed by atoms with Gasteiger partial charge in [-0.15, -0.1) is 22.7 Å². The number of methoxy groups -OCH3 is 1. The first-order valence-corrected chi connectivity index (χ1v) is 11.8. The molecule has 0 aliphatic heterocycles. The van der Waals surface area contributed by atoms with E-state index < -0.39 is 0 Å². The normalized spacial score (nSPS) is 10.6. The third kappa shape index (κ3) is 5.35. The number of thiazole rings is 1. The Hall–Kier alpha value is -3.17. The number of carbonyl (C=O) groups excluding carboxylic acids is 1. The number of hydrogen-bond donors (Lipinski definition) is 2. The zero-order valence-electron chi connectivity index (χ0n) is 16.8. The van der Waals surface area contributed by atoms with Crippen molar-refractivity contribution in [2.24, 2.45) is 0 Å². The van der Waals surface area contributed by atoms with Gasteiger partial charge in [-0.1, -0.05) is 11.8 Å². The van der Waals surface area contributed by atoms with Gasteiger partial charge in [-0.3, -0.25) is 15.6 Å². The van der Waals surface area contributed by atoms with Gasteiger partial charge in [0.2, 0.25) is 5.69 Å². The van der Waals surface area contributed by atoms with E-state index in [0.717, 1.165) is 25.0 Å². The zero-order valence-corrected chi connectivity index (χ0v) is 19.3. The Kier molecular flexibility index (Phi) is 7.18. The molecule has 0 atom stereocenters. The molecule has 11 heteroatoms. The van der Waals surface area contributed by atoms with Crippen LogP contribution in [-0.2, 0) is 4.74 Å². The van der Waals surface area contributed by atoms with Crippen molar-refractivity contribution in [1.29, 1.82) is 0 Å². The van der Waals surface area contributed by atoms with E-state index in [-0.39, 0.29) is 6.03 Å². The van der Waals surface area contributed by atoms with Crippen molar-refractivity contribution < 1.29 is 14.3 Å². The summed E-state index contributed by atoms with van der Waals surface area (Å²) >= 11 is 4.36. The molecular weight excluding hydrogens is 466 g/mol. The SMILES string of the molecule is [C-]#[N+]c1cc2c(Sc3ccc(NC(=O)Nc4nccs4)s3)ccnc2cc1OCCOC. The molecule has 0 fully saturated rings. The summed E-state index contributed by atoms with van der Waals surface area (Å²) in [7, 11) is 1.60. The van der Waals surface area contributed by atoms with Gasteiger partial charge in [0.1, 0.15) is 12.4 Å². The number of aromatic nitrogens is 2. The average Bonchev–Trinajstić information content (AvgIpc) is 3.45. The summed E-state index contributed by atoms with van der Waals surface area (Å²) in [6.07, 6.45) is 3.36. The molecule has 4 rings (SSSR count). The average molecular weight is 484 g/mol. The van der Waals surface area contributed by atoms with Crippen LogP contribution >= 0.6 is 34.4 Å². The third-order valence-corrected chi connectivity index (χ3v) is 7.03. The van der Waals surface area contributed by atoms with Gasteiger partial charge in [-0.2, -0.15) is 0 Å². The van der Waals surface area contributed by atoms with E-state index in [9.17, 15) is 4.79 Å². The van der Waals surface area contributed by atoms with Gasteiger partial charge in [0.05, 0.1) is 27.9 Å². The van der Waals surface area contributed by atoms with Gasteiger partial charge in [-0.25, -0.2) is 14.6 Å². The van der Waals surface area contributed by atoms with Gasteiger partial charge in [-0.05, 0) is 30.3 Å². The van der Waals surface area contributed by atoms with Crippen LogP contribution in [-0.4, -0.2) is 36.3 Å². The fourth-order valence-electron chi connectivity index (χ4n) is 2.74. The fourth-order valence-corrected chi connectivity index (χ4v) is 5.36. The lowest BCUT2D eigenvalue weighted by Crippen LogP contribution is -2.18. The first-order valence-electron chi connectivity index (χ1n) is 9.33. The van der Waals surface area contributed by atoms with Gasteiger partial charge >= 0.3 is 6.03 Å². The second-order valence-corrected chi connectivity index (χ2v) is 9.56. The van der Waals surface area contributed by atoms with Gasteiger partial charge in [0.15, 0.2) is 5.13 Å². The lowest BCUT2D eigenvalue weighted by atomic mass is 10.2. The van der Waals surface area contributed by atoms with E-state index in [1.807, 2.05) is 18.2 Å². The van der Waals surface area contributed by atoms with E-state index in [1.165, 1.54) is 22.7 Å². The van der Waals surface area contributed by atoms with Crippen molar-refractivity contribution in [3.63, 3.8) is 0 Å². The van der Waals surface area contributed by atoms with Crippen LogP contribution in [0.1, 0.15) is 0 Å². The zero-order chi connectivity index (χ0) is 22.3. The number of amides is 2. The number of fused-ring (bicyclic) bond motifs is 1. The van der Waals surface area contributed by atoms with Crippen molar-refractivity contribution in [2.45, 2.75) is 9.10 Å². The first-order chi connectivity index (χ1) is 15.7. The van der Waals surface area contributed by atoms with Crippen molar-refractivity contribution in [2.75, 3.05) is 31.0 Å². The molecule has 0 radical (unpaired) electrons. The number of thiophene rings is 1. The van der Waals surface area contributed by atoms with Gasteiger partial charge in [0.25, 0.3) is 0 Å². The molecule has 32 heavy (non-hydrogen) atoms. The highest BCUT2D eigenvalue weighted by atomic mass is 32.2. The molecular formula is C21H17N5O3S3. The van der Waals surface area contributed by atoms with Gasteiger partial charge in [0, 0.05) is 35.2 Å². The predicted molar refractivity (Wildman–Crippen MR) is 129 cm³/mol. The molecule has 4 aromatic rings. The number of carbonyl (C=O) groups is 1. The number of ether oxygens (including phenoxy) is 2. The maximum absolute atomic E-state index is 12.1. The van der Waals surface area contributed by atoms with Crippen molar-refractivity contribution in [3.05, 3.63) is 59.5 Å². The van der Waals surface area contributed by atoms with Crippen molar-refractivity contribution in [1.82, 2.24) is 9.97 Å². The van der Waals surface area contributed by atoms with E-state index in [0.29, 0.717) is 29.8 Å². The summed E-state index contributed by atoms with van der Waals surface area (Å²) < 4.78 is 11.7. The highest BCUT2D eigenvalue weighted by Gasteiger charge is 2.13. The number of nitrogens with one attached hydrogen (secondary N) is 2. The van der Waals surface area contributed by atoms with E-state index in [4.69, 9.17) is 16.0 Å². The van der Waals surface area contributed by atoms with Crippen molar-refractivity contribution >= 4 is 67.2 Å². The molecule has 0 aliphatic rings. The van der Waals surface area contributed by atoms with Crippen LogP contribution in [0.2, 0.25) is 0 Å². The van der Waals surface area contributed by atoms with E-state index in [2.05, 4.69) is 25.4 Å². The Balaban J connectivity index is 1.50. The molecule has 1 aromatic carbocycles. The largest absolute Gasteiger partial charge is 0.502 e. The molecule has 0 bridgehead atoms. The van der Waals surface area contributed by atoms with Gasteiger partial charge < -0.3 is 9.47 Å². The summed E-state index contributed by atoms with van der Waals surface area (Å²) in [6, 6.07) is 8.95. The Bertz CT molecular complexity index is 1270. The Labute approximate surface area is 196 Å². The molecule has 3 aromatic heterocycles. The molecule has 0 saturated carbocycles. The van der Waals surface area contributed by atoms with Crippen LogP contribution < -0.4 is 15.4 Å². The maximum Gasteiger partial charge on any atom is 0.326 e. The van der Waals surface area contributed by atoms with Crippen LogP contribution in [0.4, 0.5) is 20.6 Å². The van der Waals surface area contributed by atoms with Crippen LogP contribution in [0, 0.1) is 6.57 Å².